The third-order valence-corrected chi connectivity index (χ3v) is 9.19. The van der Waals surface area contributed by atoms with Gasteiger partial charge in [0.2, 0.25) is 11.8 Å². The zero-order valence-electron chi connectivity index (χ0n) is 23.9. The summed E-state index contributed by atoms with van der Waals surface area (Å²) in [5, 5.41) is 3.28. The molecule has 0 aliphatic heterocycles. The van der Waals surface area contributed by atoms with Gasteiger partial charge in [-0.05, 0) is 60.9 Å². The van der Waals surface area contributed by atoms with Crippen LogP contribution >= 0.6 is 23.2 Å². The molecule has 0 spiro atoms. The first-order valence-corrected chi connectivity index (χ1v) is 16.0. The van der Waals surface area contributed by atoms with Crippen LogP contribution < -0.4 is 9.62 Å². The van der Waals surface area contributed by atoms with Gasteiger partial charge in [0.25, 0.3) is 10.0 Å². The van der Waals surface area contributed by atoms with Crippen molar-refractivity contribution >= 4 is 50.7 Å². The van der Waals surface area contributed by atoms with E-state index in [1.165, 1.54) is 35.2 Å². The highest BCUT2D eigenvalue weighted by atomic mass is 35.5. The molecule has 0 aromatic heterocycles. The number of nitrogens with one attached hydrogen (secondary N) is 1. The minimum atomic E-state index is -4.24. The van der Waals surface area contributed by atoms with Gasteiger partial charge < -0.3 is 10.2 Å². The van der Waals surface area contributed by atoms with E-state index < -0.39 is 28.5 Å². The van der Waals surface area contributed by atoms with Gasteiger partial charge in [-0.15, -0.1) is 0 Å². The molecule has 1 unspecified atom stereocenters. The van der Waals surface area contributed by atoms with Crippen LogP contribution in [0.5, 0.6) is 0 Å². The molecule has 0 saturated heterocycles. The molecule has 0 bridgehead atoms. The van der Waals surface area contributed by atoms with E-state index in [1.807, 2.05) is 68.4 Å². The molecule has 0 heterocycles. The number of rotatable bonds is 12. The predicted octanol–water partition coefficient (Wildman–Crippen LogP) is 6.27. The molecule has 0 radical (unpaired) electrons. The van der Waals surface area contributed by atoms with Crippen molar-refractivity contribution in [3.63, 3.8) is 0 Å². The highest BCUT2D eigenvalue weighted by molar-refractivity contribution is 7.92. The van der Waals surface area contributed by atoms with E-state index in [0.717, 1.165) is 21.0 Å². The highest BCUT2D eigenvalue weighted by Crippen LogP contribution is 2.30. The minimum Gasteiger partial charge on any atom is -0.355 e. The maximum absolute atomic E-state index is 14.4. The highest BCUT2D eigenvalue weighted by Gasteiger charge is 2.34. The number of hydrogen-bond donors (Lipinski definition) is 1. The Morgan fingerprint density at radius 2 is 1.42 bits per heavy atom. The molecule has 1 N–H and O–H groups in total. The molecule has 2 amide bonds. The van der Waals surface area contributed by atoms with E-state index in [9.17, 15) is 18.0 Å². The predicted molar refractivity (Wildman–Crippen MR) is 172 cm³/mol. The van der Waals surface area contributed by atoms with E-state index in [1.54, 1.807) is 18.2 Å². The molecule has 0 aliphatic carbocycles. The standard InChI is InChI=1S/C33H33Cl2N3O4S/c1-3-36-33(40)31(18-25-13-6-4-7-14-25)37(22-26-15-11-10-12-24(26)2)32(39)23-38(29-20-27(34)19-28(35)21-29)43(41,42)30-16-8-5-9-17-30/h4-17,19-21,31H,3,18,22-23H2,1-2H3,(H,36,40). The third kappa shape index (κ3) is 8.16. The van der Waals surface area contributed by atoms with Crippen molar-refractivity contribution < 1.29 is 18.0 Å². The molecule has 0 aliphatic rings. The van der Waals surface area contributed by atoms with Crippen LogP contribution in [-0.2, 0) is 32.6 Å². The van der Waals surface area contributed by atoms with E-state index >= 15 is 0 Å². The average Bonchev–Trinajstić information content (AvgIpc) is 2.99. The smallest absolute Gasteiger partial charge is 0.264 e. The SMILES string of the molecule is CCNC(=O)C(Cc1ccccc1)N(Cc1ccccc1C)C(=O)CN(c1cc(Cl)cc(Cl)c1)S(=O)(=O)c1ccccc1. The number of sulfonamides is 1. The fourth-order valence-electron chi connectivity index (χ4n) is 4.75. The first-order valence-electron chi connectivity index (χ1n) is 13.8. The van der Waals surface area contributed by atoms with Crippen molar-refractivity contribution in [2.24, 2.45) is 0 Å². The van der Waals surface area contributed by atoms with Crippen molar-refractivity contribution in [3.8, 4) is 0 Å². The van der Waals surface area contributed by atoms with Crippen LogP contribution in [0, 0.1) is 6.92 Å². The molecule has 224 valence electrons. The number of nitrogens with zero attached hydrogens (tertiary/aromatic N) is 2. The summed E-state index contributed by atoms with van der Waals surface area (Å²) >= 11 is 12.6. The van der Waals surface area contributed by atoms with Gasteiger partial charge in [0, 0.05) is 29.6 Å². The van der Waals surface area contributed by atoms with Crippen LogP contribution in [0.15, 0.2) is 108 Å². The largest absolute Gasteiger partial charge is 0.355 e. The Hall–Kier alpha value is -3.85. The number of carbonyl (C=O) groups is 2. The van der Waals surface area contributed by atoms with Gasteiger partial charge in [0.1, 0.15) is 12.6 Å². The van der Waals surface area contributed by atoms with Gasteiger partial charge in [-0.2, -0.15) is 0 Å². The zero-order valence-corrected chi connectivity index (χ0v) is 26.2. The van der Waals surface area contributed by atoms with Crippen LogP contribution in [0.2, 0.25) is 10.0 Å². The summed E-state index contributed by atoms with van der Waals surface area (Å²) in [6, 6.07) is 28.3. The quantitative estimate of drug-likeness (QED) is 0.198. The molecule has 0 saturated carbocycles. The van der Waals surface area contributed by atoms with E-state index in [-0.39, 0.29) is 39.5 Å². The fraction of sp³-hybridized carbons (Fsp3) is 0.212. The molecule has 4 aromatic carbocycles. The van der Waals surface area contributed by atoms with Crippen molar-refractivity contribution in [3.05, 3.63) is 130 Å². The van der Waals surface area contributed by atoms with Crippen LogP contribution in [-0.4, -0.2) is 44.3 Å². The second-order valence-corrected chi connectivity index (χ2v) is 12.7. The third-order valence-electron chi connectivity index (χ3n) is 6.97. The van der Waals surface area contributed by atoms with Crippen molar-refractivity contribution in [1.29, 1.82) is 0 Å². The molecular weight excluding hydrogens is 605 g/mol. The summed E-state index contributed by atoms with van der Waals surface area (Å²) in [4.78, 5) is 29.4. The first-order chi connectivity index (χ1) is 20.6. The molecule has 4 rings (SSSR count). The maximum atomic E-state index is 14.4. The second-order valence-electron chi connectivity index (χ2n) is 10.0. The number of benzene rings is 4. The van der Waals surface area contributed by atoms with E-state index in [2.05, 4.69) is 5.32 Å². The van der Waals surface area contributed by atoms with Crippen LogP contribution in [0.25, 0.3) is 0 Å². The lowest BCUT2D eigenvalue weighted by Gasteiger charge is -2.34. The number of hydrogen-bond acceptors (Lipinski definition) is 4. The Morgan fingerprint density at radius 3 is 2.02 bits per heavy atom. The summed E-state index contributed by atoms with van der Waals surface area (Å²) in [5.41, 5.74) is 2.76. The van der Waals surface area contributed by atoms with Crippen molar-refractivity contribution in [2.45, 2.75) is 37.8 Å². The second kappa shape index (κ2) is 14.6. The molecular formula is C33H33Cl2N3O4S. The number of carbonyl (C=O) groups excluding carboxylic acids is 2. The molecule has 1 atom stereocenters. The summed E-state index contributed by atoms with van der Waals surface area (Å²) in [7, 11) is -4.24. The number of aryl methyl sites for hydroxylation is 1. The first kappa shape index (κ1) is 32.1. The Balaban J connectivity index is 1.82. The maximum Gasteiger partial charge on any atom is 0.264 e. The summed E-state index contributed by atoms with van der Waals surface area (Å²) in [5.74, 6) is -0.900. The van der Waals surface area contributed by atoms with Gasteiger partial charge in [0.15, 0.2) is 0 Å². The van der Waals surface area contributed by atoms with Gasteiger partial charge in [0.05, 0.1) is 10.6 Å². The lowest BCUT2D eigenvalue weighted by Crippen LogP contribution is -2.53. The number of amides is 2. The van der Waals surface area contributed by atoms with Gasteiger partial charge >= 0.3 is 0 Å². The number of anilines is 1. The Kier molecular flexibility index (Phi) is 10.9. The summed E-state index contributed by atoms with van der Waals surface area (Å²) in [6.07, 6.45) is 0.235. The normalized spacial score (nSPS) is 11.9. The number of halogens is 2. The van der Waals surface area contributed by atoms with Gasteiger partial charge in [-0.1, -0.05) is 96.0 Å². The Morgan fingerprint density at radius 1 is 0.837 bits per heavy atom. The van der Waals surface area contributed by atoms with Crippen LogP contribution in [0.3, 0.4) is 0 Å². The van der Waals surface area contributed by atoms with Crippen LogP contribution in [0.1, 0.15) is 23.6 Å². The lowest BCUT2D eigenvalue weighted by atomic mass is 10.0. The van der Waals surface area contributed by atoms with Crippen molar-refractivity contribution in [2.75, 3.05) is 17.4 Å². The molecule has 4 aromatic rings. The topological polar surface area (TPSA) is 86.8 Å². The Bertz CT molecular complexity index is 1650. The number of likely N-dealkylation sites (N-methyl/N-ethyl adjacent to an activating group) is 1. The monoisotopic (exact) mass is 637 g/mol. The van der Waals surface area contributed by atoms with Gasteiger partial charge in [-0.3, -0.25) is 13.9 Å². The molecule has 7 nitrogen and oxygen atoms in total. The Labute approximate surface area is 263 Å². The minimum absolute atomic E-state index is 0.00564. The molecule has 10 heteroatoms. The summed E-state index contributed by atoms with van der Waals surface area (Å²) in [6.45, 7) is 3.60. The molecule has 0 fully saturated rings. The van der Waals surface area contributed by atoms with Crippen molar-refractivity contribution in [1.82, 2.24) is 10.2 Å². The van der Waals surface area contributed by atoms with Gasteiger partial charge in [-0.25, -0.2) is 8.42 Å². The summed E-state index contributed by atoms with van der Waals surface area (Å²) < 4.78 is 29.0. The zero-order chi connectivity index (χ0) is 31.0. The molecule has 43 heavy (non-hydrogen) atoms. The fourth-order valence-corrected chi connectivity index (χ4v) is 6.68. The van der Waals surface area contributed by atoms with Crippen LogP contribution in [0.4, 0.5) is 5.69 Å². The average molecular weight is 639 g/mol. The van der Waals surface area contributed by atoms with E-state index in [0.29, 0.717) is 6.54 Å². The lowest BCUT2D eigenvalue weighted by molar-refractivity contribution is -0.140. The van der Waals surface area contributed by atoms with E-state index in [4.69, 9.17) is 23.2 Å².